The Bertz CT molecular complexity index is 948. The first-order valence-electron chi connectivity index (χ1n) is 7.14. The fourth-order valence-corrected chi connectivity index (χ4v) is 2.44. The smallest absolute Gasteiger partial charge is 0.357 e. The summed E-state index contributed by atoms with van der Waals surface area (Å²) < 4.78 is 2.78. The van der Waals surface area contributed by atoms with Crippen LogP contribution in [0, 0.1) is 0 Å². The van der Waals surface area contributed by atoms with Gasteiger partial charge in [0, 0.05) is 18.3 Å². The third kappa shape index (κ3) is 3.83. The van der Waals surface area contributed by atoms with E-state index in [-0.39, 0.29) is 17.2 Å². The summed E-state index contributed by atoms with van der Waals surface area (Å²) in [4.78, 5) is 27.3. The molecule has 0 spiro atoms. The summed E-state index contributed by atoms with van der Waals surface area (Å²) in [6.07, 6.45) is 2.78. The molecule has 1 aromatic carbocycles. The van der Waals surface area contributed by atoms with Crippen molar-refractivity contribution >= 4 is 29.4 Å². The number of aromatic nitrogens is 5. The van der Waals surface area contributed by atoms with Crippen LogP contribution in [-0.4, -0.2) is 41.5 Å². The molecule has 0 saturated carbocycles. The highest BCUT2D eigenvalue weighted by molar-refractivity contribution is 6.30. The molecule has 128 valence electrons. The van der Waals surface area contributed by atoms with Gasteiger partial charge < -0.3 is 5.11 Å². The summed E-state index contributed by atoms with van der Waals surface area (Å²) in [6, 6.07) is 7.29. The molecule has 1 amide bonds. The molecule has 10 heteroatoms. The van der Waals surface area contributed by atoms with Crippen LogP contribution in [0.15, 0.2) is 36.8 Å². The minimum absolute atomic E-state index is 0.0622. The van der Waals surface area contributed by atoms with Crippen molar-refractivity contribution in [3.05, 3.63) is 58.6 Å². The number of aryl methyl sites for hydroxylation is 1. The summed E-state index contributed by atoms with van der Waals surface area (Å²) in [6.45, 7) is 0.427. The van der Waals surface area contributed by atoms with Gasteiger partial charge in [-0.3, -0.25) is 14.8 Å². The van der Waals surface area contributed by atoms with Crippen molar-refractivity contribution < 1.29 is 14.7 Å². The summed E-state index contributed by atoms with van der Waals surface area (Å²) in [5.41, 5.74) is 0.523. The molecular weight excluding hydrogens is 348 g/mol. The lowest BCUT2D eigenvalue weighted by atomic mass is 10.2. The largest absolute Gasteiger partial charge is 0.476 e. The van der Waals surface area contributed by atoms with Crippen LogP contribution >= 0.6 is 11.6 Å². The summed E-state index contributed by atoms with van der Waals surface area (Å²) >= 11 is 5.94. The van der Waals surface area contributed by atoms with E-state index < -0.39 is 11.9 Å². The van der Waals surface area contributed by atoms with E-state index in [1.165, 1.54) is 28.9 Å². The molecule has 0 aliphatic carbocycles. The highest BCUT2D eigenvalue weighted by atomic mass is 35.5. The van der Waals surface area contributed by atoms with Crippen LogP contribution in [0.25, 0.3) is 0 Å². The Morgan fingerprint density at radius 3 is 2.84 bits per heavy atom. The van der Waals surface area contributed by atoms with E-state index in [9.17, 15) is 9.59 Å². The molecule has 2 heterocycles. The number of carbonyl (C=O) groups is 2. The first-order valence-corrected chi connectivity index (χ1v) is 7.52. The molecule has 0 radical (unpaired) electrons. The molecule has 0 saturated heterocycles. The van der Waals surface area contributed by atoms with Crippen LogP contribution in [0.5, 0.6) is 0 Å². The number of benzene rings is 1. The highest BCUT2D eigenvalue weighted by Crippen LogP contribution is 2.12. The van der Waals surface area contributed by atoms with E-state index >= 15 is 0 Å². The van der Waals surface area contributed by atoms with E-state index in [1.54, 1.807) is 12.1 Å². The van der Waals surface area contributed by atoms with Crippen molar-refractivity contribution in [2.45, 2.75) is 6.54 Å². The van der Waals surface area contributed by atoms with Gasteiger partial charge in [-0.05, 0) is 17.7 Å². The SMILES string of the molecule is Cn1cc(C(=O)Nc2ncn(Cc3cccc(Cl)c3)n2)c(C(=O)O)n1. The second kappa shape index (κ2) is 6.73. The van der Waals surface area contributed by atoms with Gasteiger partial charge in [0.2, 0.25) is 5.95 Å². The molecule has 2 aromatic heterocycles. The van der Waals surface area contributed by atoms with Crippen molar-refractivity contribution in [1.29, 1.82) is 0 Å². The number of halogens is 1. The number of nitrogens with zero attached hydrogens (tertiary/aromatic N) is 5. The number of carboxylic acid groups (broad SMARTS) is 1. The number of nitrogens with one attached hydrogen (secondary N) is 1. The average molecular weight is 361 g/mol. The van der Waals surface area contributed by atoms with Crippen molar-refractivity contribution in [1.82, 2.24) is 24.5 Å². The van der Waals surface area contributed by atoms with Gasteiger partial charge in [0.25, 0.3) is 5.91 Å². The van der Waals surface area contributed by atoms with Crippen molar-refractivity contribution in [3.63, 3.8) is 0 Å². The van der Waals surface area contributed by atoms with E-state index in [0.29, 0.717) is 11.6 Å². The first-order chi connectivity index (χ1) is 11.9. The number of aromatic carboxylic acids is 1. The van der Waals surface area contributed by atoms with E-state index in [2.05, 4.69) is 20.5 Å². The molecule has 0 aliphatic rings. The van der Waals surface area contributed by atoms with Crippen molar-refractivity contribution in [3.8, 4) is 0 Å². The number of anilines is 1. The molecule has 0 bridgehead atoms. The second-order valence-corrected chi connectivity index (χ2v) is 5.66. The van der Waals surface area contributed by atoms with Crippen molar-refractivity contribution in [2.75, 3.05) is 5.32 Å². The highest BCUT2D eigenvalue weighted by Gasteiger charge is 2.21. The Balaban J connectivity index is 1.73. The van der Waals surface area contributed by atoms with Crippen LogP contribution in [-0.2, 0) is 13.6 Å². The minimum Gasteiger partial charge on any atom is -0.476 e. The van der Waals surface area contributed by atoms with E-state index in [0.717, 1.165) is 5.56 Å². The van der Waals surface area contributed by atoms with Gasteiger partial charge in [-0.15, -0.1) is 5.10 Å². The lowest BCUT2D eigenvalue weighted by molar-refractivity contribution is 0.0685. The molecule has 25 heavy (non-hydrogen) atoms. The molecule has 0 unspecified atom stereocenters. The number of carbonyl (C=O) groups excluding carboxylic acids is 1. The number of carboxylic acids is 1. The molecule has 9 nitrogen and oxygen atoms in total. The average Bonchev–Trinajstić information content (AvgIpc) is 3.14. The summed E-state index contributed by atoms with van der Waals surface area (Å²) in [5.74, 6) is -1.87. The molecule has 0 aliphatic heterocycles. The lowest BCUT2D eigenvalue weighted by Gasteiger charge is -2.02. The van der Waals surface area contributed by atoms with E-state index in [1.807, 2.05) is 12.1 Å². The van der Waals surface area contributed by atoms with Crippen LogP contribution in [0.1, 0.15) is 26.4 Å². The zero-order valence-corrected chi connectivity index (χ0v) is 13.8. The zero-order valence-electron chi connectivity index (χ0n) is 13.0. The van der Waals surface area contributed by atoms with Gasteiger partial charge in [-0.2, -0.15) is 5.10 Å². The third-order valence-corrected chi connectivity index (χ3v) is 3.51. The van der Waals surface area contributed by atoms with Gasteiger partial charge >= 0.3 is 5.97 Å². The predicted octanol–water partition coefficient (Wildman–Crippen LogP) is 1.66. The van der Waals surface area contributed by atoms with Gasteiger partial charge in [-0.25, -0.2) is 14.5 Å². The third-order valence-electron chi connectivity index (χ3n) is 3.27. The predicted molar refractivity (Wildman–Crippen MR) is 88.7 cm³/mol. The number of amides is 1. The Kier molecular flexibility index (Phi) is 4.48. The summed E-state index contributed by atoms with van der Waals surface area (Å²) in [5, 5.41) is 20.0. The Morgan fingerprint density at radius 1 is 1.32 bits per heavy atom. The van der Waals surface area contributed by atoms with Crippen LogP contribution < -0.4 is 5.32 Å². The molecule has 0 atom stereocenters. The van der Waals surface area contributed by atoms with Crippen LogP contribution in [0.3, 0.4) is 0 Å². The quantitative estimate of drug-likeness (QED) is 0.715. The number of hydrogen-bond donors (Lipinski definition) is 2. The number of rotatable bonds is 5. The van der Waals surface area contributed by atoms with Gasteiger partial charge in [0.1, 0.15) is 6.33 Å². The first kappa shape index (κ1) is 16.7. The van der Waals surface area contributed by atoms with Gasteiger partial charge in [-0.1, -0.05) is 23.7 Å². The summed E-state index contributed by atoms with van der Waals surface area (Å²) in [7, 11) is 1.53. The minimum atomic E-state index is -1.29. The Labute approximate surface area is 146 Å². The van der Waals surface area contributed by atoms with Crippen molar-refractivity contribution in [2.24, 2.45) is 7.05 Å². The van der Waals surface area contributed by atoms with E-state index in [4.69, 9.17) is 16.7 Å². The zero-order chi connectivity index (χ0) is 18.0. The molecule has 0 fully saturated rings. The maximum Gasteiger partial charge on any atom is 0.357 e. The number of hydrogen-bond acceptors (Lipinski definition) is 5. The molecular formula is C15H13ClN6O3. The Morgan fingerprint density at radius 2 is 2.12 bits per heavy atom. The fourth-order valence-electron chi connectivity index (χ4n) is 2.23. The molecule has 3 rings (SSSR count). The molecule has 3 aromatic rings. The molecule has 2 N–H and O–H groups in total. The van der Waals surface area contributed by atoms with Gasteiger partial charge in [0.05, 0.1) is 12.1 Å². The maximum absolute atomic E-state index is 12.2. The van der Waals surface area contributed by atoms with Crippen LogP contribution in [0.4, 0.5) is 5.95 Å². The normalized spacial score (nSPS) is 10.6. The van der Waals surface area contributed by atoms with Crippen LogP contribution in [0.2, 0.25) is 5.02 Å². The topological polar surface area (TPSA) is 115 Å². The monoisotopic (exact) mass is 360 g/mol. The Hall–Kier alpha value is -3.20. The second-order valence-electron chi connectivity index (χ2n) is 5.22. The fraction of sp³-hybridized carbons (Fsp3) is 0.133. The maximum atomic E-state index is 12.2. The lowest BCUT2D eigenvalue weighted by Crippen LogP contribution is -2.16. The standard InChI is InChI=1S/C15H13ClN6O3/c1-21-7-11(12(19-21)14(24)25)13(23)18-15-17-8-22(20-15)6-9-3-2-4-10(16)5-9/h2-5,7-8H,6H2,1H3,(H,24,25)(H,18,20,23). The van der Waals surface area contributed by atoms with Gasteiger partial charge in [0.15, 0.2) is 5.69 Å².